The van der Waals surface area contributed by atoms with E-state index >= 15 is 0 Å². The minimum Gasteiger partial charge on any atom is -0.311 e. The number of nitrogens with zero attached hydrogens (tertiary/aromatic N) is 3. The Morgan fingerprint density at radius 2 is 2.28 bits per heavy atom. The Labute approximate surface area is 110 Å². The van der Waals surface area contributed by atoms with E-state index in [0.29, 0.717) is 12.2 Å². The number of benzene rings is 1. The Bertz CT molecular complexity index is 527. The van der Waals surface area contributed by atoms with Crippen LogP contribution in [0, 0.1) is 5.82 Å². The smallest absolute Gasteiger partial charge is 0.167 e. The van der Waals surface area contributed by atoms with Crippen molar-refractivity contribution in [3.05, 3.63) is 40.9 Å². The highest BCUT2D eigenvalue weighted by molar-refractivity contribution is 6.30. The zero-order valence-electron chi connectivity index (χ0n) is 10.0. The summed E-state index contributed by atoms with van der Waals surface area (Å²) >= 11 is 5.72. The Morgan fingerprint density at radius 1 is 1.44 bits per heavy atom. The molecule has 18 heavy (non-hydrogen) atoms. The van der Waals surface area contributed by atoms with Crippen molar-refractivity contribution >= 4 is 11.6 Å². The summed E-state index contributed by atoms with van der Waals surface area (Å²) in [5.41, 5.74) is 1.07. The van der Waals surface area contributed by atoms with Gasteiger partial charge in [-0.05, 0) is 25.1 Å². The van der Waals surface area contributed by atoms with Gasteiger partial charge in [0.25, 0.3) is 0 Å². The SMILES string of the molecule is CCCNCc1cn(-c2cccc(Cl)c2F)nn1. The van der Waals surface area contributed by atoms with Gasteiger partial charge in [0.2, 0.25) is 0 Å². The second-order valence-corrected chi connectivity index (χ2v) is 4.31. The van der Waals surface area contributed by atoms with E-state index in [2.05, 4.69) is 22.6 Å². The molecule has 0 saturated carbocycles. The van der Waals surface area contributed by atoms with E-state index in [1.807, 2.05) is 0 Å². The molecule has 0 bridgehead atoms. The number of hydrogen-bond donors (Lipinski definition) is 1. The molecule has 0 unspecified atom stereocenters. The van der Waals surface area contributed by atoms with Crippen molar-refractivity contribution in [3.8, 4) is 5.69 Å². The highest BCUT2D eigenvalue weighted by Gasteiger charge is 2.10. The lowest BCUT2D eigenvalue weighted by atomic mass is 10.3. The quantitative estimate of drug-likeness (QED) is 0.848. The van der Waals surface area contributed by atoms with Crippen LogP contribution in [0.1, 0.15) is 19.0 Å². The molecule has 96 valence electrons. The van der Waals surface area contributed by atoms with E-state index in [1.165, 1.54) is 10.7 Å². The highest BCUT2D eigenvalue weighted by atomic mass is 35.5. The first-order valence-corrected chi connectivity index (χ1v) is 6.16. The zero-order valence-corrected chi connectivity index (χ0v) is 10.8. The van der Waals surface area contributed by atoms with Crippen LogP contribution in [0.25, 0.3) is 5.69 Å². The maximum Gasteiger partial charge on any atom is 0.167 e. The fourth-order valence-corrected chi connectivity index (χ4v) is 1.73. The highest BCUT2D eigenvalue weighted by Crippen LogP contribution is 2.20. The molecule has 1 N–H and O–H groups in total. The van der Waals surface area contributed by atoms with Gasteiger partial charge in [-0.25, -0.2) is 9.07 Å². The predicted molar refractivity (Wildman–Crippen MR) is 68.3 cm³/mol. The lowest BCUT2D eigenvalue weighted by Crippen LogP contribution is -2.13. The maximum absolute atomic E-state index is 13.8. The van der Waals surface area contributed by atoms with Gasteiger partial charge in [0.05, 0.1) is 16.9 Å². The maximum atomic E-state index is 13.8. The molecule has 0 aliphatic heterocycles. The molecule has 6 heteroatoms. The van der Waals surface area contributed by atoms with Crippen molar-refractivity contribution < 1.29 is 4.39 Å². The largest absolute Gasteiger partial charge is 0.311 e. The molecule has 1 heterocycles. The lowest BCUT2D eigenvalue weighted by molar-refractivity contribution is 0.607. The first-order valence-electron chi connectivity index (χ1n) is 5.78. The summed E-state index contributed by atoms with van der Waals surface area (Å²) in [7, 11) is 0. The second kappa shape index (κ2) is 5.93. The molecule has 2 rings (SSSR count). The number of nitrogens with one attached hydrogen (secondary N) is 1. The summed E-state index contributed by atoms with van der Waals surface area (Å²) in [5.74, 6) is -0.489. The molecule has 0 radical (unpaired) electrons. The van der Waals surface area contributed by atoms with Crippen molar-refractivity contribution in [1.29, 1.82) is 0 Å². The van der Waals surface area contributed by atoms with Crippen LogP contribution in [-0.2, 0) is 6.54 Å². The van der Waals surface area contributed by atoms with Crippen molar-refractivity contribution in [2.75, 3.05) is 6.54 Å². The van der Waals surface area contributed by atoms with E-state index in [0.717, 1.165) is 18.7 Å². The molecule has 1 aromatic carbocycles. The first-order chi connectivity index (χ1) is 8.72. The van der Waals surface area contributed by atoms with Crippen LogP contribution in [0.4, 0.5) is 4.39 Å². The van der Waals surface area contributed by atoms with E-state index in [9.17, 15) is 4.39 Å². The molecule has 2 aromatic rings. The Hall–Kier alpha value is -1.46. The fourth-order valence-electron chi connectivity index (χ4n) is 1.56. The molecule has 4 nitrogen and oxygen atoms in total. The molecule has 0 fully saturated rings. The summed E-state index contributed by atoms with van der Waals surface area (Å²) in [6, 6.07) is 4.79. The molecule has 0 atom stereocenters. The predicted octanol–water partition coefficient (Wildman–Crippen LogP) is 2.56. The Morgan fingerprint density at radius 3 is 3.06 bits per heavy atom. The molecular formula is C12H14ClFN4. The third-order valence-electron chi connectivity index (χ3n) is 2.45. The van der Waals surface area contributed by atoms with Crippen LogP contribution >= 0.6 is 11.6 Å². The van der Waals surface area contributed by atoms with Crippen molar-refractivity contribution in [2.45, 2.75) is 19.9 Å². The van der Waals surface area contributed by atoms with Gasteiger partial charge >= 0.3 is 0 Å². The van der Waals surface area contributed by atoms with Crippen molar-refractivity contribution in [1.82, 2.24) is 20.3 Å². The number of hydrogen-bond acceptors (Lipinski definition) is 3. The van der Waals surface area contributed by atoms with Gasteiger partial charge in [-0.15, -0.1) is 5.10 Å². The van der Waals surface area contributed by atoms with E-state index < -0.39 is 5.82 Å². The third kappa shape index (κ3) is 2.86. The lowest BCUT2D eigenvalue weighted by Gasteiger charge is -2.02. The van der Waals surface area contributed by atoms with Crippen LogP contribution in [-0.4, -0.2) is 21.5 Å². The minimum absolute atomic E-state index is 0.0775. The molecule has 0 aliphatic carbocycles. The van der Waals surface area contributed by atoms with Gasteiger partial charge in [0.15, 0.2) is 5.82 Å². The van der Waals surface area contributed by atoms with E-state index in [-0.39, 0.29) is 5.02 Å². The van der Waals surface area contributed by atoms with Crippen LogP contribution in [0.2, 0.25) is 5.02 Å². The fraction of sp³-hybridized carbons (Fsp3) is 0.333. The van der Waals surface area contributed by atoms with Crippen molar-refractivity contribution in [2.24, 2.45) is 0 Å². The molecule has 1 aromatic heterocycles. The third-order valence-corrected chi connectivity index (χ3v) is 2.74. The van der Waals surface area contributed by atoms with Gasteiger partial charge in [-0.1, -0.05) is 29.8 Å². The van der Waals surface area contributed by atoms with E-state index in [1.54, 1.807) is 18.3 Å². The topological polar surface area (TPSA) is 42.7 Å². The van der Waals surface area contributed by atoms with Crippen LogP contribution < -0.4 is 5.32 Å². The number of rotatable bonds is 5. The summed E-state index contributed by atoms with van der Waals surface area (Å²) in [5, 5.41) is 11.2. The summed E-state index contributed by atoms with van der Waals surface area (Å²) < 4.78 is 15.2. The summed E-state index contributed by atoms with van der Waals surface area (Å²) in [6.07, 6.45) is 2.74. The number of aromatic nitrogens is 3. The molecule has 0 saturated heterocycles. The van der Waals surface area contributed by atoms with Gasteiger partial charge in [-0.2, -0.15) is 0 Å². The average molecular weight is 269 g/mol. The first kappa shape index (κ1) is 13.0. The molecule has 0 aliphatic rings. The van der Waals surface area contributed by atoms with Crippen LogP contribution in [0.3, 0.4) is 0 Å². The Balaban J connectivity index is 2.16. The van der Waals surface area contributed by atoms with Crippen molar-refractivity contribution in [3.63, 3.8) is 0 Å². The molecule has 0 amide bonds. The van der Waals surface area contributed by atoms with Crippen LogP contribution in [0.5, 0.6) is 0 Å². The van der Waals surface area contributed by atoms with Gasteiger partial charge in [0, 0.05) is 6.54 Å². The summed E-state index contributed by atoms with van der Waals surface area (Å²) in [4.78, 5) is 0. The number of halogens is 2. The minimum atomic E-state index is -0.489. The van der Waals surface area contributed by atoms with Gasteiger partial charge < -0.3 is 5.32 Å². The monoisotopic (exact) mass is 268 g/mol. The summed E-state index contributed by atoms with van der Waals surface area (Å²) in [6.45, 7) is 3.62. The molecular weight excluding hydrogens is 255 g/mol. The van der Waals surface area contributed by atoms with Gasteiger partial charge in [-0.3, -0.25) is 0 Å². The molecule has 0 spiro atoms. The average Bonchev–Trinajstić information content (AvgIpc) is 2.82. The van der Waals surface area contributed by atoms with E-state index in [4.69, 9.17) is 11.6 Å². The normalized spacial score (nSPS) is 10.8. The standard InChI is InChI=1S/C12H14ClFN4/c1-2-6-15-7-9-8-18(17-16-9)11-5-3-4-10(13)12(11)14/h3-5,8,15H,2,6-7H2,1H3. The second-order valence-electron chi connectivity index (χ2n) is 3.90. The van der Waals surface area contributed by atoms with Gasteiger partial charge in [0.1, 0.15) is 5.69 Å². The Kier molecular flexibility index (Phi) is 4.28. The zero-order chi connectivity index (χ0) is 13.0. The van der Waals surface area contributed by atoms with Crippen LogP contribution in [0.15, 0.2) is 24.4 Å².